The van der Waals surface area contributed by atoms with Crippen molar-refractivity contribution in [3.05, 3.63) is 94.6 Å². The van der Waals surface area contributed by atoms with Crippen LogP contribution in [0.3, 0.4) is 0 Å². The van der Waals surface area contributed by atoms with Gasteiger partial charge in [0.15, 0.2) is 0 Å². The molecule has 0 bridgehead atoms. The number of ether oxygens (including phenoxy) is 1. The van der Waals surface area contributed by atoms with Gasteiger partial charge in [-0.15, -0.1) is 13.2 Å². The number of nitriles is 1. The van der Waals surface area contributed by atoms with Crippen LogP contribution in [0.5, 0.6) is 5.75 Å². The highest BCUT2D eigenvalue weighted by atomic mass is 32.2. The largest absolute Gasteiger partial charge is 0.573 e. The van der Waals surface area contributed by atoms with Crippen LogP contribution in [0.1, 0.15) is 22.3 Å². The molecule has 3 rings (SSSR count). The molecule has 3 aromatic rings. The van der Waals surface area contributed by atoms with Crippen molar-refractivity contribution in [3.8, 4) is 34.8 Å². The summed E-state index contributed by atoms with van der Waals surface area (Å²) in [5.41, 5.74) is 1.53. The predicted molar refractivity (Wildman–Crippen MR) is 109 cm³/mol. The van der Waals surface area contributed by atoms with E-state index in [9.17, 15) is 22.0 Å². The number of rotatable bonds is 2. The summed E-state index contributed by atoms with van der Waals surface area (Å²) in [5.74, 6) is 9.17. The second-order valence-electron chi connectivity index (χ2n) is 6.11. The molecule has 158 valence electrons. The molecule has 0 aromatic heterocycles. The van der Waals surface area contributed by atoms with Crippen LogP contribution in [0.25, 0.3) is 0 Å². The van der Waals surface area contributed by atoms with Crippen LogP contribution in [-0.2, 0) is 0 Å². The number of alkyl halides is 3. The zero-order valence-corrected chi connectivity index (χ0v) is 16.7. The molecule has 0 atom stereocenters. The van der Waals surface area contributed by atoms with Gasteiger partial charge < -0.3 is 4.74 Å². The molecule has 32 heavy (non-hydrogen) atoms. The number of hydrogen-bond donors (Lipinski definition) is 0. The van der Waals surface area contributed by atoms with Crippen LogP contribution in [-0.4, -0.2) is 6.36 Å². The summed E-state index contributed by atoms with van der Waals surface area (Å²) >= 11 is 0.525. The molecule has 0 N–H and O–H groups in total. The molecular weight excluding hydrogens is 445 g/mol. The van der Waals surface area contributed by atoms with E-state index in [1.165, 1.54) is 24.3 Å². The average Bonchev–Trinajstić information content (AvgIpc) is 2.74. The van der Waals surface area contributed by atoms with Gasteiger partial charge in [-0.25, -0.2) is 8.78 Å². The number of halogens is 5. The van der Waals surface area contributed by atoms with Gasteiger partial charge in [-0.1, -0.05) is 23.7 Å². The second-order valence-corrected chi connectivity index (χ2v) is 6.93. The summed E-state index contributed by atoms with van der Waals surface area (Å²) < 4.78 is 68.2. The lowest BCUT2D eigenvalue weighted by atomic mass is 10.1. The van der Waals surface area contributed by atoms with E-state index in [2.05, 4.69) is 28.4 Å². The van der Waals surface area contributed by atoms with Crippen LogP contribution in [0.4, 0.5) is 22.0 Å². The molecule has 0 aliphatic heterocycles. The Bertz CT molecular complexity index is 1290. The Labute approximate surface area is 184 Å². The first-order valence-corrected chi connectivity index (χ1v) is 9.60. The van der Waals surface area contributed by atoms with E-state index in [1.54, 1.807) is 29.7 Å². The monoisotopic (exact) mass is 455 g/mol. The average molecular weight is 455 g/mol. The lowest BCUT2D eigenvalue weighted by Crippen LogP contribution is -2.16. The summed E-state index contributed by atoms with van der Waals surface area (Å²) in [5, 5.41) is 10.3. The number of thiocyanates is 1. The summed E-state index contributed by atoms with van der Waals surface area (Å²) in [6.45, 7) is 0. The molecule has 0 spiro atoms. The lowest BCUT2D eigenvalue weighted by molar-refractivity contribution is -0.274. The molecule has 0 heterocycles. The Balaban J connectivity index is 1.70. The number of nitrogens with zero attached hydrogens (tertiary/aromatic N) is 1. The smallest absolute Gasteiger partial charge is 0.406 e. The zero-order valence-electron chi connectivity index (χ0n) is 15.9. The predicted octanol–water partition coefficient (Wildman–Crippen LogP) is 6.24. The lowest BCUT2D eigenvalue weighted by Gasteiger charge is -2.07. The van der Waals surface area contributed by atoms with Gasteiger partial charge in [0.2, 0.25) is 0 Å². The maximum Gasteiger partial charge on any atom is 0.573 e. The van der Waals surface area contributed by atoms with E-state index in [0.29, 0.717) is 28.5 Å². The van der Waals surface area contributed by atoms with Gasteiger partial charge in [0.25, 0.3) is 0 Å². The SMILES string of the molecule is N#CSc1cc(F)c(C#Cc2ccc(C#Cc3ccc(OC(F)(F)F)cc3)cc2)cc1F. The standard InChI is InChI=1S/C24H10F5NOS/c25-21-14-23(32-15-30)22(26)13-19(21)10-7-17-4-1-16(2-5-17)3-6-18-8-11-20(12-9-18)31-24(27,28)29/h1-2,4-5,8-9,11-14H. The third-order valence-electron chi connectivity index (χ3n) is 3.84. The van der Waals surface area contributed by atoms with Crippen molar-refractivity contribution in [2.75, 3.05) is 0 Å². The highest BCUT2D eigenvalue weighted by Gasteiger charge is 2.30. The summed E-state index contributed by atoms with van der Waals surface area (Å²) in [4.78, 5) is -0.110. The van der Waals surface area contributed by atoms with Crippen LogP contribution in [0.15, 0.2) is 65.6 Å². The topological polar surface area (TPSA) is 33.0 Å². The van der Waals surface area contributed by atoms with Crippen molar-refractivity contribution < 1.29 is 26.7 Å². The Kier molecular flexibility index (Phi) is 7.05. The van der Waals surface area contributed by atoms with Crippen LogP contribution in [0, 0.1) is 46.0 Å². The normalized spacial score (nSPS) is 10.2. The summed E-state index contributed by atoms with van der Waals surface area (Å²) in [6, 6.07) is 13.6. The van der Waals surface area contributed by atoms with Crippen molar-refractivity contribution in [1.29, 1.82) is 5.26 Å². The fourth-order valence-electron chi connectivity index (χ4n) is 2.41. The molecule has 3 aromatic carbocycles. The Morgan fingerprint density at radius 3 is 1.72 bits per heavy atom. The molecule has 0 saturated heterocycles. The van der Waals surface area contributed by atoms with Gasteiger partial charge >= 0.3 is 6.36 Å². The van der Waals surface area contributed by atoms with Crippen molar-refractivity contribution in [1.82, 2.24) is 0 Å². The van der Waals surface area contributed by atoms with Crippen molar-refractivity contribution in [2.24, 2.45) is 0 Å². The van der Waals surface area contributed by atoms with Crippen molar-refractivity contribution in [2.45, 2.75) is 11.3 Å². The number of thioether (sulfide) groups is 1. The molecule has 0 unspecified atom stereocenters. The van der Waals surface area contributed by atoms with Crippen molar-refractivity contribution in [3.63, 3.8) is 0 Å². The van der Waals surface area contributed by atoms with Gasteiger partial charge in [-0.05, 0) is 72.4 Å². The van der Waals surface area contributed by atoms with Crippen LogP contribution < -0.4 is 4.74 Å². The third-order valence-corrected chi connectivity index (χ3v) is 4.47. The molecule has 0 saturated carbocycles. The fraction of sp³-hybridized carbons (Fsp3) is 0.0417. The first-order valence-electron chi connectivity index (χ1n) is 8.78. The van der Waals surface area contributed by atoms with Gasteiger partial charge in [0, 0.05) is 16.7 Å². The van der Waals surface area contributed by atoms with Crippen LogP contribution >= 0.6 is 11.8 Å². The molecule has 0 amide bonds. The van der Waals surface area contributed by atoms with Gasteiger partial charge in [-0.3, -0.25) is 0 Å². The molecule has 2 nitrogen and oxygen atoms in total. The van der Waals surface area contributed by atoms with E-state index in [4.69, 9.17) is 5.26 Å². The summed E-state index contributed by atoms with van der Waals surface area (Å²) in [6.07, 6.45) is -4.75. The quantitative estimate of drug-likeness (QED) is 0.199. The highest BCUT2D eigenvalue weighted by Crippen LogP contribution is 2.24. The second kappa shape index (κ2) is 9.92. The van der Waals surface area contributed by atoms with Gasteiger partial charge in [0.1, 0.15) is 22.8 Å². The maximum atomic E-state index is 14.0. The highest BCUT2D eigenvalue weighted by molar-refractivity contribution is 8.03. The van der Waals surface area contributed by atoms with E-state index in [1.807, 2.05) is 0 Å². The summed E-state index contributed by atoms with van der Waals surface area (Å²) in [7, 11) is 0. The van der Waals surface area contributed by atoms with Gasteiger partial charge in [0.05, 0.1) is 10.5 Å². The zero-order chi connectivity index (χ0) is 23.1. The Hall–Kier alpha value is -3.93. The number of hydrogen-bond acceptors (Lipinski definition) is 3. The number of benzene rings is 3. The first-order chi connectivity index (χ1) is 15.2. The van der Waals surface area contributed by atoms with Crippen molar-refractivity contribution >= 4 is 11.8 Å². The van der Waals surface area contributed by atoms with E-state index >= 15 is 0 Å². The van der Waals surface area contributed by atoms with Gasteiger partial charge in [-0.2, -0.15) is 5.26 Å². The molecule has 0 radical (unpaired) electrons. The van der Waals surface area contributed by atoms with E-state index in [0.717, 1.165) is 12.1 Å². The maximum absolute atomic E-state index is 14.0. The molecular formula is C24H10F5NOS. The Morgan fingerprint density at radius 2 is 1.22 bits per heavy atom. The minimum Gasteiger partial charge on any atom is -0.406 e. The molecule has 0 aliphatic rings. The minimum atomic E-state index is -4.75. The fourth-order valence-corrected chi connectivity index (χ4v) is 2.83. The van der Waals surface area contributed by atoms with E-state index < -0.39 is 18.0 Å². The first kappa shape index (κ1) is 22.7. The Morgan fingerprint density at radius 1 is 0.719 bits per heavy atom. The minimum absolute atomic E-state index is 0.110. The third kappa shape index (κ3) is 6.54. The molecule has 8 heteroatoms. The molecule has 0 fully saturated rings. The van der Waals surface area contributed by atoms with E-state index in [-0.39, 0.29) is 16.2 Å². The molecule has 0 aliphatic carbocycles. The van der Waals surface area contributed by atoms with Crippen LogP contribution in [0.2, 0.25) is 0 Å².